The fourth-order valence-electron chi connectivity index (χ4n) is 2.28. The topological polar surface area (TPSA) is 47.6 Å². The maximum Gasteiger partial charge on any atom is 0.331 e. The summed E-state index contributed by atoms with van der Waals surface area (Å²) in [6.07, 6.45) is 1.63. The number of carbonyl (C=O) groups excluding carboxylic acids is 1. The summed E-state index contributed by atoms with van der Waals surface area (Å²) in [5.74, 6) is 1.39. The van der Waals surface area contributed by atoms with Gasteiger partial charge in [-0.15, -0.1) is 0 Å². The first-order chi connectivity index (χ1) is 10.7. The highest BCUT2D eigenvalue weighted by atomic mass is 16.5. The number of hydrogen-bond acceptors (Lipinski definition) is 4. The van der Waals surface area contributed by atoms with E-state index in [-0.39, 0.29) is 5.97 Å². The minimum Gasteiger partial charge on any atom is -0.464 e. The SMILES string of the molecule is CCOC(=O)C1(Nc2ccc(Oc3ccccc3)cc2)CC1. The molecule has 0 atom stereocenters. The lowest BCUT2D eigenvalue weighted by Crippen LogP contribution is -2.33. The van der Waals surface area contributed by atoms with Gasteiger partial charge in [-0.1, -0.05) is 18.2 Å². The van der Waals surface area contributed by atoms with Crippen molar-refractivity contribution >= 4 is 11.7 Å². The molecule has 0 aromatic heterocycles. The van der Waals surface area contributed by atoms with E-state index in [0.717, 1.165) is 30.0 Å². The summed E-state index contributed by atoms with van der Waals surface area (Å²) in [6.45, 7) is 2.23. The van der Waals surface area contributed by atoms with Crippen LogP contribution in [0.25, 0.3) is 0 Å². The van der Waals surface area contributed by atoms with Gasteiger partial charge in [0.05, 0.1) is 6.61 Å². The van der Waals surface area contributed by atoms with Crippen molar-refractivity contribution in [3.8, 4) is 11.5 Å². The number of para-hydroxylation sites is 1. The summed E-state index contributed by atoms with van der Waals surface area (Å²) >= 11 is 0. The van der Waals surface area contributed by atoms with Gasteiger partial charge in [-0.3, -0.25) is 0 Å². The van der Waals surface area contributed by atoms with Gasteiger partial charge < -0.3 is 14.8 Å². The second kappa shape index (κ2) is 6.10. The first-order valence-electron chi connectivity index (χ1n) is 7.50. The second-order valence-corrected chi connectivity index (χ2v) is 5.37. The van der Waals surface area contributed by atoms with E-state index in [1.807, 2.05) is 61.5 Å². The van der Waals surface area contributed by atoms with Crippen LogP contribution in [0.5, 0.6) is 11.5 Å². The van der Waals surface area contributed by atoms with Gasteiger partial charge in [-0.05, 0) is 56.2 Å². The Hall–Kier alpha value is -2.49. The summed E-state index contributed by atoms with van der Waals surface area (Å²) in [4.78, 5) is 11.9. The summed E-state index contributed by atoms with van der Waals surface area (Å²) < 4.78 is 10.9. The molecule has 4 heteroatoms. The number of ether oxygens (including phenoxy) is 2. The van der Waals surface area contributed by atoms with Crippen molar-refractivity contribution in [3.05, 3.63) is 54.6 Å². The number of nitrogens with one attached hydrogen (secondary N) is 1. The van der Waals surface area contributed by atoms with Gasteiger partial charge in [0, 0.05) is 5.69 Å². The third kappa shape index (κ3) is 3.22. The molecule has 0 bridgehead atoms. The Labute approximate surface area is 130 Å². The van der Waals surface area contributed by atoms with Gasteiger partial charge in [0.1, 0.15) is 17.0 Å². The lowest BCUT2D eigenvalue weighted by molar-refractivity contribution is -0.145. The van der Waals surface area contributed by atoms with E-state index >= 15 is 0 Å². The predicted octanol–water partition coefficient (Wildman–Crippen LogP) is 3.99. The number of hydrogen-bond donors (Lipinski definition) is 1. The van der Waals surface area contributed by atoms with Crippen molar-refractivity contribution in [1.29, 1.82) is 0 Å². The summed E-state index contributed by atoms with van der Waals surface area (Å²) in [5, 5.41) is 3.27. The fraction of sp³-hybridized carbons (Fsp3) is 0.278. The maximum absolute atomic E-state index is 11.9. The summed E-state index contributed by atoms with van der Waals surface area (Å²) in [7, 11) is 0. The monoisotopic (exact) mass is 297 g/mol. The molecule has 114 valence electrons. The van der Waals surface area contributed by atoms with Gasteiger partial charge in [0.15, 0.2) is 0 Å². The maximum atomic E-state index is 11.9. The van der Waals surface area contributed by atoms with Crippen LogP contribution < -0.4 is 10.1 Å². The molecule has 0 amide bonds. The molecule has 4 nitrogen and oxygen atoms in total. The molecule has 22 heavy (non-hydrogen) atoms. The average molecular weight is 297 g/mol. The van der Waals surface area contributed by atoms with Gasteiger partial charge in [0.25, 0.3) is 0 Å². The molecular weight excluding hydrogens is 278 g/mol. The van der Waals surface area contributed by atoms with E-state index in [9.17, 15) is 4.79 Å². The van der Waals surface area contributed by atoms with Crippen molar-refractivity contribution in [3.63, 3.8) is 0 Å². The van der Waals surface area contributed by atoms with E-state index in [1.54, 1.807) is 0 Å². The Balaban J connectivity index is 1.64. The minimum atomic E-state index is -0.530. The van der Waals surface area contributed by atoms with Crippen LogP contribution in [0.4, 0.5) is 5.69 Å². The van der Waals surface area contributed by atoms with Crippen LogP contribution in [0.1, 0.15) is 19.8 Å². The zero-order valence-corrected chi connectivity index (χ0v) is 12.5. The molecule has 1 N–H and O–H groups in total. The minimum absolute atomic E-state index is 0.167. The van der Waals surface area contributed by atoms with Crippen LogP contribution in [0.2, 0.25) is 0 Å². The molecule has 0 unspecified atom stereocenters. The highest BCUT2D eigenvalue weighted by Crippen LogP contribution is 2.40. The molecule has 0 heterocycles. The van der Waals surface area contributed by atoms with Crippen LogP contribution in [0.3, 0.4) is 0 Å². The molecule has 0 radical (unpaired) electrons. The van der Waals surface area contributed by atoms with E-state index in [1.165, 1.54) is 0 Å². The molecular formula is C18H19NO3. The normalized spacial score (nSPS) is 15.0. The molecule has 0 saturated heterocycles. The van der Waals surface area contributed by atoms with Crippen molar-refractivity contribution in [1.82, 2.24) is 0 Å². The smallest absolute Gasteiger partial charge is 0.331 e. The van der Waals surface area contributed by atoms with Crippen molar-refractivity contribution in [2.45, 2.75) is 25.3 Å². The quantitative estimate of drug-likeness (QED) is 0.819. The highest BCUT2D eigenvalue weighted by molar-refractivity contribution is 5.88. The lowest BCUT2D eigenvalue weighted by atomic mass is 10.2. The molecule has 3 rings (SSSR count). The second-order valence-electron chi connectivity index (χ2n) is 5.37. The first kappa shape index (κ1) is 14.4. The molecule has 0 spiro atoms. The van der Waals surface area contributed by atoms with Crippen molar-refractivity contribution in [2.75, 3.05) is 11.9 Å². The average Bonchev–Trinajstić information content (AvgIpc) is 3.32. The number of esters is 1. The van der Waals surface area contributed by atoms with E-state index < -0.39 is 5.54 Å². The molecule has 2 aromatic rings. The lowest BCUT2D eigenvalue weighted by Gasteiger charge is -2.17. The Morgan fingerprint density at radius 2 is 1.68 bits per heavy atom. The molecule has 2 aromatic carbocycles. The molecule has 0 aliphatic heterocycles. The Kier molecular flexibility index (Phi) is 4.00. The van der Waals surface area contributed by atoms with E-state index in [2.05, 4.69) is 5.32 Å². The van der Waals surface area contributed by atoms with Crippen LogP contribution in [-0.2, 0) is 9.53 Å². The van der Waals surface area contributed by atoms with Gasteiger partial charge in [0.2, 0.25) is 0 Å². The summed E-state index contributed by atoms with van der Waals surface area (Å²) in [6, 6.07) is 17.2. The third-order valence-corrected chi connectivity index (χ3v) is 3.63. The first-order valence-corrected chi connectivity index (χ1v) is 7.50. The zero-order valence-electron chi connectivity index (χ0n) is 12.5. The van der Waals surface area contributed by atoms with Crippen LogP contribution >= 0.6 is 0 Å². The Bertz CT molecular complexity index is 633. The number of carbonyl (C=O) groups is 1. The highest BCUT2D eigenvalue weighted by Gasteiger charge is 2.51. The van der Waals surface area contributed by atoms with E-state index in [0.29, 0.717) is 6.61 Å². The fourth-order valence-corrected chi connectivity index (χ4v) is 2.28. The van der Waals surface area contributed by atoms with Crippen LogP contribution in [-0.4, -0.2) is 18.1 Å². The van der Waals surface area contributed by atoms with Crippen molar-refractivity contribution < 1.29 is 14.3 Å². The van der Waals surface area contributed by atoms with Gasteiger partial charge >= 0.3 is 5.97 Å². The Morgan fingerprint density at radius 3 is 2.27 bits per heavy atom. The standard InChI is InChI=1S/C18H19NO3/c1-2-21-17(20)18(12-13-18)19-14-8-10-16(11-9-14)22-15-6-4-3-5-7-15/h3-11,19H,2,12-13H2,1H3. The number of rotatable bonds is 6. The molecule has 1 fully saturated rings. The molecule has 1 saturated carbocycles. The van der Waals surface area contributed by atoms with Gasteiger partial charge in [-0.2, -0.15) is 0 Å². The largest absolute Gasteiger partial charge is 0.464 e. The Morgan fingerprint density at radius 1 is 1.05 bits per heavy atom. The summed E-state index contributed by atoms with van der Waals surface area (Å²) in [5.41, 5.74) is 0.364. The van der Waals surface area contributed by atoms with E-state index in [4.69, 9.17) is 9.47 Å². The van der Waals surface area contributed by atoms with Gasteiger partial charge in [-0.25, -0.2) is 4.79 Å². The van der Waals surface area contributed by atoms with Crippen molar-refractivity contribution in [2.24, 2.45) is 0 Å². The third-order valence-electron chi connectivity index (χ3n) is 3.63. The predicted molar refractivity (Wildman–Crippen MR) is 85.2 cm³/mol. The number of benzene rings is 2. The zero-order chi connectivity index (χ0) is 15.4. The van der Waals surface area contributed by atoms with Crippen LogP contribution in [0, 0.1) is 0 Å². The molecule has 1 aliphatic rings. The molecule has 1 aliphatic carbocycles. The number of anilines is 1. The van der Waals surface area contributed by atoms with Crippen LogP contribution in [0.15, 0.2) is 54.6 Å².